The third-order valence-electron chi connectivity index (χ3n) is 4.47. The summed E-state index contributed by atoms with van der Waals surface area (Å²) in [5, 5.41) is 23.6. The fraction of sp³-hybridized carbons (Fsp3) is 0.375. The predicted octanol–water partition coefficient (Wildman–Crippen LogP) is 2.70. The molecule has 1 aromatic heterocycles. The van der Waals surface area contributed by atoms with Crippen LogP contribution in [0.1, 0.15) is 37.2 Å². The van der Waals surface area contributed by atoms with Crippen LogP contribution in [0.2, 0.25) is 0 Å². The minimum absolute atomic E-state index is 0.00831. The van der Waals surface area contributed by atoms with Crippen LogP contribution in [0, 0.1) is 15.5 Å². The zero-order chi connectivity index (χ0) is 17.9. The number of benzene rings is 1. The molecule has 1 heterocycles. The highest BCUT2D eigenvalue weighted by atomic mass is 16.6. The number of nitro groups is 1. The first-order chi connectivity index (χ1) is 11.3. The van der Waals surface area contributed by atoms with Crippen molar-refractivity contribution in [2.24, 2.45) is 5.41 Å². The number of carboxylic acids is 1. The van der Waals surface area contributed by atoms with Crippen molar-refractivity contribution < 1.29 is 19.6 Å². The molecular formula is C16H19N3O5. The normalized spacial score (nSPS) is 11.4. The van der Waals surface area contributed by atoms with Gasteiger partial charge in [-0.3, -0.25) is 19.7 Å². The van der Waals surface area contributed by atoms with Crippen molar-refractivity contribution in [3.63, 3.8) is 0 Å². The number of H-pyrrole nitrogens is 1. The van der Waals surface area contributed by atoms with E-state index in [4.69, 9.17) is 0 Å². The molecule has 3 N–H and O–H groups in total. The van der Waals surface area contributed by atoms with E-state index in [1.54, 1.807) is 26.0 Å². The van der Waals surface area contributed by atoms with Gasteiger partial charge in [0.05, 0.1) is 10.3 Å². The van der Waals surface area contributed by atoms with Gasteiger partial charge in [0, 0.05) is 18.0 Å². The number of amides is 1. The minimum Gasteiger partial charge on any atom is -0.481 e. The lowest BCUT2D eigenvalue weighted by Gasteiger charge is -2.26. The van der Waals surface area contributed by atoms with Crippen LogP contribution in [-0.2, 0) is 4.79 Å². The van der Waals surface area contributed by atoms with Crippen molar-refractivity contribution in [1.82, 2.24) is 10.3 Å². The molecule has 24 heavy (non-hydrogen) atoms. The molecule has 0 saturated carbocycles. The van der Waals surface area contributed by atoms with Crippen molar-refractivity contribution in [1.29, 1.82) is 0 Å². The number of carbonyl (C=O) groups is 2. The molecule has 0 fully saturated rings. The summed E-state index contributed by atoms with van der Waals surface area (Å²) in [4.78, 5) is 37.0. The first kappa shape index (κ1) is 17.5. The van der Waals surface area contributed by atoms with E-state index >= 15 is 0 Å². The van der Waals surface area contributed by atoms with E-state index < -0.39 is 22.2 Å². The summed E-state index contributed by atoms with van der Waals surface area (Å²) in [7, 11) is 0. The van der Waals surface area contributed by atoms with Crippen molar-refractivity contribution in [3.05, 3.63) is 40.1 Å². The zero-order valence-corrected chi connectivity index (χ0v) is 13.5. The Balaban J connectivity index is 2.25. The van der Waals surface area contributed by atoms with Crippen LogP contribution in [-0.4, -0.2) is 33.4 Å². The minimum atomic E-state index is -1.02. The molecule has 0 aliphatic heterocycles. The Kier molecular flexibility index (Phi) is 4.87. The van der Waals surface area contributed by atoms with E-state index in [1.807, 2.05) is 0 Å². The summed E-state index contributed by atoms with van der Waals surface area (Å²) in [6.45, 7) is 3.51. The molecule has 0 spiro atoms. The van der Waals surface area contributed by atoms with Gasteiger partial charge in [-0.15, -0.1) is 0 Å². The van der Waals surface area contributed by atoms with E-state index in [0.29, 0.717) is 18.2 Å². The molecule has 0 aliphatic rings. The number of hydrogen-bond acceptors (Lipinski definition) is 4. The fourth-order valence-electron chi connectivity index (χ4n) is 2.64. The summed E-state index contributed by atoms with van der Waals surface area (Å²) in [6, 6.07) is 6.07. The highest BCUT2D eigenvalue weighted by molar-refractivity contribution is 6.00. The Bertz CT molecular complexity index is 792. The second kappa shape index (κ2) is 6.69. The lowest BCUT2D eigenvalue weighted by Crippen LogP contribution is -2.42. The number of aromatic nitrogens is 1. The van der Waals surface area contributed by atoms with E-state index in [0.717, 1.165) is 0 Å². The summed E-state index contributed by atoms with van der Waals surface area (Å²) in [5.41, 5.74) is -0.712. The van der Waals surface area contributed by atoms with Crippen LogP contribution < -0.4 is 5.32 Å². The molecule has 1 aromatic carbocycles. The van der Waals surface area contributed by atoms with E-state index in [1.165, 1.54) is 12.1 Å². The lowest BCUT2D eigenvalue weighted by molar-refractivity contribution is -0.383. The first-order valence-electron chi connectivity index (χ1n) is 7.62. The highest BCUT2D eigenvalue weighted by Gasteiger charge is 2.35. The molecule has 0 radical (unpaired) electrons. The standard InChI is InChI=1S/C16H19N3O5/c1-3-16(4-2,15(21)22)9-17-14(20)11-8-10-6-5-7-12(19(23)24)13(10)18-11/h5-8,18H,3-4,9H2,1-2H3,(H,17,20)(H,21,22). The predicted molar refractivity (Wildman–Crippen MR) is 87.9 cm³/mol. The van der Waals surface area contributed by atoms with E-state index in [2.05, 4.69) is 10.3 Å². The summed E-state index contributed by atoms with van der Waals surface area (Å²) >= 11 is 0. The number of non-ortho nitro benzene ring substituents is 1. The number of hydrogen-bond donors (Lipinski definition) is 3. The molecular weight excluding hydrogens is 314 g/mol. The molecule has 0 bridgehead atoms. The molecule has 0 aliphatic carbocycles. The molecule has 8 heteroatoms. The zero-order valence-electron chi connectivity index (χ0n) is 13.5. The van der Waals surface area contributed by atoms with Gasteiger partial charge < -0.3 is 15.4 Å². The molecule has 2 aromatic rings. The lowest BCUT2D eigenvalue weighted by atomic mass is 9.82. The third kappa shape index (κ3) is 3.08. The van der Waals surface area contributed by atoms with Gasteiger partial charge in [0.1, 0.15) is 11.2 Å². The van der Waals surface area contributed by atoms with Crippen LogP contribution >= 0.6 is 0 Å². The molecule has 1 amide bonds. The smallest absolute Gasteiger partial charge is 0.311 e. The van der Waals surface area contributed by atoms with Crippen LogP contribution in [0.5, 0.6) is 0 Å². The monoisotopic (exact) mass is 333 g/mol. The van der Waals surface area contributed by atoms with Gasteiger partial charge in [0.2, 0.25) is 0 Å². The van der Waals surface area contributed by atoms with Gasteiger partial charge in [-0.05, 0) is 18.9 Å². The first-order valence-corrected chi connectivity index (χ1v) is 7.62. The summed E-state index contributed by atoms with van der Waals surface area (Å²) in [6.07, 6.45) is 0.772. The van der Waals surface area contributed by atoms with Crippen molar-refractivity contribution >= 4 is 28.5 Å². The van der Waals surface area contributed by atoms with Crippen LogP contribution in [0.25, 0.3) is 10.9 Å². The SMILES string of the molecule is CCC(CC)(CNC(=O)c1cc2cccc([N+](=O)[O-])c2[nH]1)C(=O)O. The number of nitro benzene ring substituents is 1. The summed E-state index contributed by atoms with van der Waals surface area (Å²) < 4.78 is 0. The maximum absolute atomic E-state index is 12.3. The number of rotatable bonds is 7. The molecule has 8 nitrogen and oxygen atoms in total. The Morgan fingerprint density at radius 3 is 2.54 bits per heavy atom. The van der Waals surface area contributed by atoms with Gasteiger partial charge in [-0.2, -0.15) is 0 Å². The number of nitrogens with zero attached hydrogens (tertiary/aromatic N) is 1. The van der Waals surface area contributed by atoms with Gasteiger partial charge in [-0.1, -0.05) is 26.0 Å². The van der Waals surface area contributed by atoms with Gasteiger partial charge >= 0.3 is 5.97 Å². The van der Waals surface area contributed by atoms with E-state index in [9.17, 15) is 24.8 Å². The second-order valence-corrected chi connectivity index (χ2v) is 5.66. The highest BCUT2D eigenvalue weighted by Crippen LogP contribution is 2.27. The molecule has 0 atom stereocenters. The average molecular weight is 333 g/mol. The molecule has 0 saturated heterocycles. The quantitative estimate of drug-likeness (QED) is 0.530. The number of nitrogens with one attached hydrogen (secondary N) is 2. The maximum Gasteiger partial charge on any atom is 0.311 e. The molecule has 128 valence electrons. The van der Waals surface area contributed by atoms with Crippen LogP contribution in [0.4, 0.5) is 5.69 Å². The number of aliphatic carboxylic acids is 1. The molecule has 2 rings (SSSR count). The Hall–Kier alpha value is -2.90. The van der Waals surface area contributed by atoms with Gasteiger partial charge in [0.15, 0.2) is 0 Å². The number of carbonyl (C=O) groups excluding carboxylic acids is 1. The second-order valence-electron chi connectivity index (χ2n) is 5.66. The van der Waals surface area contributed by atoms with Crippen molar-refractivity contribution in [2.45, 2.75) is 26.7 Å². The van der Waals surface area contributed by atoms with Crippen molar-refractivity contribution in [2.75, 3.05) is 6.54 Å². The Labute approximate surface area is 138 Å². The number of fused-ring (bicyclic) bond motifs is 1. The average Bonchev–Trinajstić information content (AvgIpc) is 2.99. The Morgan fingerprint density at radius 1 is 1.33 bits per heavy atom. The summed E-state index contributed by atoms with van der Waals surface area (Å²) in [5.74, 6) is -1.45. The topological polar surface area (TPSA) is 125 Å². The maximum atomic E-state index is 12.3. The largest absolute Gasteiger partial charge is 0.481 e. The molecule has 0 unspecified atom stereocenters. The fourth-order valence-corrected chi connectivity index (χ4v) is 2.64. The van der Waals surface area contributed by atoms with Gasteiger partial charge in [-0.25, -0.2) is 0 Å². The Morgan fingerprint density at radius 2 is 2.00 bits per heavy atom. The number of para-hydroxylation sites is 1. The number of carboxylic acid groups (broad SMARTS) is 1. The van der Waals surface area contributed by atoms with Crippen LogP contribution in [0.15, 0.2) is 24.3 Å². The van der Waals surface area contributed by atoms with Gasteiger partial charge in [0.25, 0.3) is 11.6 Å². The number of aromatic amines is 1. The van der Waals surface area contributed by atoms with Crippen molar-refractivity contribution in [3.8, 4) is 0 Å². The van der Waals surface area contributed by atoms with Crippen LogP contribution in [0.3, 0.4) is 0 Å². The van der Waals surface area contributed by atoms with E-state index in [-0.39, 0.29) is 23.4 Å². The third-order valence-corrected chi connectivity index (χ3v) is 4.47.